The van der Waals surface area contributed by atoms with Crippen molar-refractivity contribution < 1.29 is 14.0 Å². The summed E-state index contributed by atoms with van der Waals surface area (Å²) in [4.78, 5) is 35.4. The van der Waals surface area contributed by atoms with Crippen molar-refractivity contribution in [1.82, 2.24) is 25.5 Å². The molecule has 1 saturated carbocycles. The molecule has 3 aromatic rings. The van der Waals surface area contributed by atoms with Gasteiger partial charge >= 0.3 is 5.91 Å². The van der Waals surface area contributed by atoms with Crippen LogP contribution in [0.3, 0.4) is 0 Å². The van der Waals surface area contributed by atoms with Crippen LogP contribution >= 0.6 is 11.6 Å². The quantitative estimate of drug-likeness (QED) is 0.560. The van der Waals surface area contributed by atoms with Crippen LogP contribution in [0.5, 0.6) is 0 Å². The fourth-order valence-electron chi connectivity index (χ4n) is 4.60. The highest BCUT2D eigenvalue weighted by molar-refractivity contribution is 6.31. The van der Waals surface area contributed by atoms with Gasteiger partial charge in [0.2, 0.25) is 0 Å². The highest BCUT2D eigenvalue weighted by Gasteiger charge is 2.31. The van der Waals surface area contributed by atoms with Crippen LogP contribution in [0.25, 0.3) is 10.9 Å². The molecule has 9 heteroatoms. The van der Waals surface area contributed by atoms with Gasteiger partial charge < -0.3 is 20.0 Å². The molecule has 32 heavy (non-hydrogen) atoms. The number of hydrogen-bond donors (Lipinski definition) is 3. The Labute approximate surface area is 190 Å². The summed E-state index contributed by atoms with van der Waals surface area (Å²) in [5, 5.41) is 7.65. The number of benzene rings is 1. The van der Waals surface area contributed by atoms with E-state index in [1.165, 1.54) is 0 Å². The Morgan fingerprint density at radius 1 is 1.16 bits per heavy atom. The topological polar surface area (TPSA) is 103 Å². The third-order valence-corrected chi connectivity index (χ3v) is 6.58. The average molecular weight is 456 g/mol. The van der Waals surface area contributed by atoms with Crippen LogP contribution in [-0.4, -0.2) is 52.4 Å². The first-order valence-corrected chi connectivity index (χ1v) is 11.4. The lowest BCUT2D eigenvalue weighted by molar-refractivity contribution is 0.0839. The van der Waals surface area contributed by atoms with E-state index in [1.807, 2.05) is 19.2 Å². The van der Waals surface area contributed by atoms with Crippen molar-refractivity contribution in [3.63, 3.8) is 0 Å². The van der Waals surface area contributed by atoms with Crippen LogP contribution < -0.4 is 10.6 Å². The number of H-pyrrole nitrogens is 1. The van der Waals surface area contributed by atoms with Gasteiger partial charge in [-0.25, -0.2) is 4.98 Å². The van der Waals surface area contributed by atoms with Crippen molar-refractivity contribution in [3.8, 4) is 0 Å². The Morgan fingerprint density at radius 3 is 2.69 bits per heavy atom. The number of likely N-dealkylation sites (N-methyl/N-ethyl adjacent to an activating group) is 1. The predicted octanol–water partition coefficient (Wildman–Crippen LogP) is 3.27. The van der Waals surface area contributed by atoms with Crippen molar-refractivity contribution in [3.05, 3.63) is 52.3 Å². The molecule has 8 nitrogen and oxygen atoms in total. The first kappa shape index (κ1) is 21.0. The van der Waals surface area contributed by atoms with E-state index in [0.29, 0.717) is 17.3 Å². The lowest BCUT2D eigenvalue weighted by Crippen LogP contribution is -2.53. The molecule has 3 N–H and O–H groups in total. The number of aromatic amines is 1. The standard InChI is InChI=1S/C23H26ClN5O3/c1-29-9-8-18-20(12-29)32-23(28-18)22(31)27-17-5-3-2-4-16(17)26-21(30)19-11-13-10-14(24)6-7-15(13)25-19/h6-7,10-11,16-17,25H,2-5,8-9,12H2,1H3,(H,26,30)(H,27,31)/t16-,17-/m1/s1. The molecule has 168 valence electrons. The number of oxazole rings is 1. The molecule has 2 amide bonds. The molecule has 0 spiro atoms. The van der Waals surface area contributed by atoms with Crippen molar-refractivity contribution in [2.75, 3.05) is 13.6 Å². The van der Waals surface area contributed by atoms with E-state index in [1.54, 1.807) is 12.1 Å². The Bertz CT molecular complexity index is 1170. The SMILES string of the molecule is CN1CCc2nc(C(=O)N[C@@H]3CCCC[C@H]3NC(=O)c3cc4cc(Cl)ccc4[nH]3)oc2C1. The molecular formula is C23H26ClN5O3. The number of nitrogens with one attached hydrogen (secondary N) is 3. The molecule has 2 atom stereocenters. The van der Waals surface area contributed by atoms with Crippen LogP contribution in [0.4, 0.5) is 0 Å². The van der Waals surface area contributed by atoms with Gasteiger partial charge in [-0.05, 0) is 44.2 Å². The first-order valence-electron chi connectivity index (χ1n) is 11.0. The Hall–Kier alpha value is -2.84. The van der Waals surface area contributed by atoms with E-state index in [9.17, 15) is 9.59 Å². The maximum atomic E-state index is 12.9. The molecule has 0 saturated heterocycles. The largest absolute Gasteiger partial charge is 0.436 e. The van der Waals surface area contributed by atoms with Gasteiger partial charge in [0.05, 0.1) is 12.2 Å². The van der Waals surface area contributed by atoms with E-state index in [0.717, 1.165) is 61.0 Å². The van der Waals surface area contributed by atoms with Crippen molar-refractivity contribution >= 4 is 34.3 Å². The molecule has 1 aliphatic heterocycles. The lowest BCUT2D eigenvalue weighted by atomic mass is 9.90. The van der Waals surface area contributed by atoms with E-state index in [2.05, 4.69) is 25.5 Å². The van der Waals surface area contributed by atoms with Gasteiger partial charge in [0.1, 0.15) is 11.5 Å². The van der Waals surface area contributed by atoms with Gasteiger partial charge in [-0.2, -0.15) is 0 Å². The number of amides is 2. The van der Waals surface area contributed by atoms with Gasteiger partial charge in [-0.3, -0.25) is 14.5 Å². The van der Waals surface area contributed by atoms with Gasteiger partial charge in [-0.15, -0.1) is 0 Å². The van der Waals surface area contributed by atoms with Crippen LogP contribution in [0.1, 0.15) is 58.3 Å². The summed E-state index contributed by atoms with van der Waals surface area (Å²) in [6.07, 6.45) is 4.37. The monoisotopic (exact) mass is 455 g/mol. The Morgan fingerprint density at radius 2 is 1.91 bits per heavy atom. The Kier molecular flexibility index (Phi) is 5.65. The number of fused-ring (bicyclic) bond motifs is 2. The number of carbonyl (C=O) groups is 2. The molecule has 3 heterocycles. The number of hydrogen-bond acceptors (Lipinski definition) is 5. The minimum absolute atomic E-state index is 0.105. The maximum Gasteiger partial charge on any atom is 0.307 e. The normalized spacial score (nSPS) is 21.3. The molecule has 2 aliphatic rings. The van der Waals surface area contributed by atoms with Crippen LogP contribution in [0.15, 0.2) is 28.7 Å². The molecule has 1 aliphatic carbocycles. The molecule has 2 aromatic heterocycles. The minimum atomic E-state index is -0.326. The highest BCUT2D eigenvalue weighted by atomic mass is 35.5. The van der Waals surface area contributed by atoms with Crippen LogP contribution in [0.2, 0.25) is 5.02 Å². The van der Waals surface area contributed by atoms with Gasteiger partial charge in [0.25, 0.3) is 11.8 Å². The summed E-state index contributed by atoms with van der Waals surface area (Å²) in [6.45, 7) is 1.56. The summed E-state index contributed by atoms with van der Waals surface area (Å²) < 4.78 is 5.74. The lowest BCUT2D eigenvalue weighted by Gasteiger charge is -2.32. The third-order valence-electron chi connectivity index (χ3n) is 6.34. The second-order valence-electron chi connectivity index (χ2n) is 8.74. The van der Waals surface area contributed by atoms with Crippen molar-refractivity contribution in [2.45, 2.75) is 50.7 Å². The van der Waals surface area contributed by atoms with Gasteiger partial charge in [0, 0.05) is 41.0 Å². The molecule has 1 fully saturated rings. The highest BCUT2D eigenvalue weighted by Crippen LogP contribution is 2.23. The molecule has 0 unspecified atom stereocenters. The van der Waals surface area contributed by atoms with Crippen molar-refractivity contribution in [1.29, 1.82) is 0 Å². The zero-order valence-corrected chi connectivity index (χ0v) is 18.7. The molecule has 0 bridgehead atoms. The summed E-state index contributed by atoms with van der Waals surface area (Å²) in [7, 11) is 2.02. The average Bonchev–Trinajstić information content (AvgIpc) is 3.38. The second kappa shape index (κ2) is 8.60. The van der Waals surface area contributed by atoms with Crippen molar-refractivity contribution in [2.24, 2.45) is 0 Å². The second-order valence-corrected chi connectivity index (χ2v) is 9.17. The maximum absolute atomic E-state index is 12.9. The smallest absolute Gasteiger partial charge is 0.307 e. The fraction of sp³-hybridized carbons (Fsp3) is 0.435. The van der Waals surface area contributed by atoms with E-state index in [4.69, 9.17) is 16.0 Å². The summed E-state index contributed by atoms with van der Waals surface area (Å²) in [5.41, 5.74) is 2.19. The third kappa shape index (κ3) is 4.25. The van der Waals surface area contributed by atoms with Crippen LogP contribution in [0, 0.1) is 0 Å². The zero-order valence-electron chi connectivity index (χ0n) is 17.9. The minimum Gasteiger partial charge on any atom is -0.436 e. The Balaban J connectivity index is 1.27. The van der Waals surface area contributed by atoms with Crippen LogP contribution in [-0.2, 0) is 13.0 Å². The molecule has 0 radical (unpaired) electrons. The van der Waals surface area contributed by atoms with E-state index >= 15 is 0 Å². The predicted molar refractivity (Wildman–Crippen MR) is 121 cm³/mol. The summed E-state index contributed by atoms with van der Waals surface area (Å²) in [5.74, 6) is 0.344. The number of halogens is 1. The van der Waals surface area contributed by atoms with Gasteiger partial charge in [-0.1, -0.05) is 24.4 Å². The van der Waals surface area contributed by atoms with E-state index < -0.39 is 0 Å². The number of nitrogens with zero attached hydrogens (tertiary/aromatic N) is 2. The summed E-state index contributed by atoms with van der Waals surface area (Å²) in [6, 6.07) is 6.92. The fourth-order valence-corrected chi connectivity index (χ4v) is 4.78. The molecular weight excluding hydrogens is 430 g/mol. The molecule has 1 aromatic carbocycles. The number of rotatable bonds is 4. The summed E-state index contributed by atoms with van der Waals surface area (Å²) >= 11 is 6.05. The zero-order chi connectivity index (χ0) is 22.2. The van der Waals surface area contributed by atoms with Gasteiger partial charge in [0.15, 0.2) is 0 Å². The van der Waals surface area contributed by atoms with E-state index in [-0.39, 0.29) is 29.8 Å². The number of aromatic nitrogens is 2. The number of carbonyl (C=O) groups excluding carboxylic acids is 2. The molecule has 5 rings (SSSR count). The first-order chi connectivity index (χ1) is 15.5.